The molecule has 0 unspecified atom stereocenters. The monoisotopic (exact) mass is 309 g/mol. The maximum Gasteiger partial charge on any atom is 0.420 e. The van der Waals surface area contributed by atoms with Crippen LogP contribution in [0.25, 0.3) is 0 Å². The van der Waals surface area contributed by atoms with Gasteiger partial charge in [0.1, 0.15) is 11.6 Å². The van der Waals surface area contributed by atoms with Crippen molar-refractivity contribution in [2.75, 3.05) is 0 Å². The molecule has 0 aliphatic carbocycles. The van der Waals surface area contributed by atoms with Crippen LogP contribution >= 0.6 is 0 Å². The Kier molecular flexibility index (Phi) is 5.50. The summed E-state index contributed by atoms with van der Waals surface area (Å²) in [4.78, 5) is 34.9. The van der Waals surface area contributed by atoms with E-state index in [1.165, 1.54) is 0 Å². The summed E-state index contributed by atoms with van der Waals surface area (Å²) in [6.45, 7) is 4.70. The van der Waals surface area contributed by atoms with Crippen molar-refractivity contribution in [2.24, 2.45) is 0 Å². The molecule has 120 valence electrons. The molecule has 1 rings (SSSR count). The molecule has 0 aliphatic rings. The second-order valence-corrected chi connectivity index (χ2v) is 5.68. The van der Waals surface area contributed by atoms with Crippen LogP contribution in [0.15, 0.2) is 30.3 Å². The van der Waals surface area contributed by atoms with Gasteiger partial charge in [0.05, 0.1) is 0 Å². The lowest BCUT2D eigenvalue weighted by atomic mass is 10.1. The number of rotatable bonds is 4. The highest BCUT2D eigenvalue weighted by molar-refractivity contribution is 5.92. The van der Waals surface area contributed by atoms with Gasteiger partial charge in [0.15, 0.2) is 0 Å². The van der Waals surface area contributed by atoms with Crippen LogP contribution in [-0.4, -0.2) is 44.9 Å². The van der Waals surface area contributed by atoms with Crippen LogP contribution in [-0.2, 0) is 16.0 Å². The van der Waals surface area contributed by atoms with Crippen molar-refractivity contribution in [3.8, 4) is 0 Å². The lowest BCUT2D eigenvalue weighted by Crippen LogP contribution is -2.50. The maximum atomic E-state index is 12.0. The Morgan fingerprint density at radius 2 is 1.68 bits per heavy atom. The van der Waals surface area contributed by atoms with Crippen LogP contribution in [0.5, 0.6) is 0 Å². The maximum absolute atomic E-state index is 12.0. The van der Waals surface area contributed by atoms with Crippen LogP contribution in [0, 0.1) is 0 Å². The highest BCUT2D eigenvalue weighted by Crippen LogP contribution is 2.15. The van der Waals surface area contributed by atoms with Crippen molar-refractivity contribution in [3.63, 3.8) is 0 Å². The molecular formula is C15H19NO6. The van der Waals surface area contributed by atoms with Gasteiger partial charge in [-0.05, 0) is 26.3 Å². The summed E-state index contributed by atoms with van der Waals surface area (Å²) in [5, 5.41) is 18.5. The SMILES string of the molecule is CC(C)(C)OC(=O)N(C(=O)O)[C@@H](Cc1ccccc1)C(=O)O. The number of imide groups is 1. The quantitative estimate of drug-likeness (QED) is 0.886. The fraction of sp³-hybridized carbons (Fsp3) is 0.400. The Labute approximate surface area is 128 Å². The van der Waals surface area contributed by atoms with Crippen molar-refractivity contribution in [1.29, 1.82) is 0 Å². The normalized spacial score (nSPS) is 12.3. The van der Waals surface area contributed by atoms with E-state index in [1.807, 2.05) is 0 Å². The molecule has 0 bridgehead atoms. The van der Waals surface area contributed by atoms with Gasteiger partial charge in [-0.3, -0.25) is 0 Å². The first-order valence-corrected chi connectivity index (χ1v) is 6.63. The summed E-state index contributed by atoms with van der Waals surface area (Å²) in [7, 11) is 0. The van der Waals surface area contributed by atoms with E-state index in [4.69, 9.17) is 4.74 Å². The van der Waals surface area contributed by atoms with Gasteiger partial charge >= 0.3 is 18.2 Å². The van der Waals surface area contributed by atoms with Gasteiger partial charge < -0.3 is 14.9 Å². The minimum atomic E-state index is -1.67. The van der Waals surface area contributed by atoms with Crippen molar-refractivity contribution in [3.05, 3.63) is 35.9 Å². The highest BCUT2D eigenvalue weighted by Gasteiger charge is 2.37. The molecule has 0 fully saturated rings. The zero-order valence-corrected chi connectivity index (χ0v) is 12.6. The lowest BCUT2D eigenvalue weighted by Gasteiger charge is -2.28. The number of carboxylic acid groups (broad SMARTS) is 2. The van der Waals surface area contributed by atoms with E-state index >= 15 is 0 Å². The van der Waals surface area contributed by atoms with Crippen molar-refractivity contribution in [2.45, 2.75) is 38.8 Å². The van der Waals surface area contributed by atoms with Crippen LogP contribution in [0.2, 0.25) is 0 Å². The minimum absolute atomic E-state index is 0.137. The van der Waals surface area contributed by atoms with Crippen LogP contribution in [0.1, 0.15) is 26.3 Å². The fourth-order valence-corrected chi connectivity index (χ4v) is 1.78. The number of ether oxygens (including phenoxy) is 1. The third-order valence-electron chi connectivity index (χ3n) is 2.66. The van der Waals surface area contributed by atoms with E-state index in [-0.39, 0.29) is 11.3 Å². The third-order valence-corrected chi connectivity index (χ3v) is 2.66. The molecule has 0 heterocycles. The van der Waals surface area contributed by atoms with Crippen LogP contribution < -0.4 is 0 Å². The molecule has 22 heavy (non-hydrogen) atoms. The number of hydrogen-bond acceptors (Lipinski definition) is 4. The number of nitrogens with zero attached hydrogens (tertiary/aromatic N) is 1. The topological polar surface area (TPSA) is 104 Å². The lowest BCUT2D eigenvalue weighted by molar-refractivity contribution is -0.142. The van der Waals surface area contributed by atoms with Crippen molar-refractivity contribution >= 4 is 18.2 Å². The second kappa shape index (κ2) is 6.93. The Bertz CT molecular complexity index is 549. The highest BCUT2D eigenvalue weighted by atomic mass is 16.6. The standard InChI is InChI=1S/C15H19NO6/c1-15(2,3)22-14(21)16(13(19)20)11(12(17)18)9-10-7-5-4-6-8-10/h4-8,11H,9H2,1-3H3,(H,17,18)(H,19,20)/t11-/m0/s1. The summed E-state index contributed by atoms with van der Waals surface area (Å²) in [5.74, 6) is -1.42. The van der Waals surface area contributed by atoms with Gasteiger partial charge in [-0.2, -0.15) is 4.90 Å². The molecular weight excluding hydrogens is 290 g/mol. The number of amides is 2. The smallest absolute Gasteiger partial charge is 0.420 e. The molecule has 0 saturated heterocycles. The molecule has 0 aromatic heterocycles. The Morgan fingerprint density at radius 3 is 2.09 bits per heavy atom. The Morgan fingerprint density at radius 1 is 1.14 bits per heavy atom. The average molecular weight is 309 g/mol. The largest absolute Gasteiger partial charge is 0.480 e. The number of benzene rings is 1. The van der Waals surface area contributed by atoms with Gasteiger partial charge in [-0.25, -0.2) is 14.4 Å². The predicted molar refractivity (Wildman–Crippen MR) is 77.7 cm³/mol. The predicted octanol–water partition coefficient (Wildman–Crippen LogP) is 2.60. The number of carbonyl (C=O) groups is 3. The van der Waals surface area contributed by atoms with E-state index in [0.29, 0.717) is 5.56 Å². The molecule has 1 atom stereocenters. The van der Waals surface area contributed by atoms with E-state index in [0.717, 1.165) is 0 Å². The molecule has 0 spiro atoms. The van der Waals surface area contributed by atoms with Gasteiger partial charge in [0, 0.05) is 6.42 Å². The summed E-state index contributed by atoms with van der Waals surface area (Å²) in [6.07, 6.45) is -3.01. The summed E-state index contributed by atoms with van der Waals surface area (Å²) < 4.78 is 4.97. The zero-order chi connectivity index (χ0) is 16.9. The Balaban J connectivity index is 3.05. The van der Waals surface area contributed by atoms with Gasteiger partial charge in [0.2, 0.25) is 0 Å². The van der Waals surface area contributed by atoms with E-state index in [1.54, 1.807) is 51.1 Å². The summed E-state index contributed by atoms with van der Waals surface area (Å²) in [5.41, 5.74) is -0.328. The molecule has 0 radical (unpaired) electrons. The first-order chi connectivity index (χ1) is 10.1. The molecule has 7 heteroatoms. The molecule has 1 aromatic carbocycles. The number of carbonyl (C=O) groups excluding carboxylic acids is 1. The third kappa shape index (κ3) is 5.08. The second-order valence-electron chi connectivity index (χ2n) is 5.68. The Hall–Kier alpha value is -2.57. The molecule has 1 aromatic rings. The van der Waals surface area contributed by atoms with Crippen molar-refractivity contribution in [1.82, 2.24) is 4.90 Å². The summed E-state index contributed by atoms with van der Waals surface area (Å²) >= 11 is 0. The zero-order valence-electron chi connectivity index (χ0n) is 12.6. The van der Waals surface area contributed by atoms with Crippen LogP contribution in [0.3, 0.4) is 0 Å². The van der Waals surface area contributed by atoms with Crippen LogP contribution in [0.4, 0.5) is 9.59 Å². The van der Waals surface area contributed by atoms with E-state index in [2.05, 4.69) is 0 Å². The van der Waals surface area contributed by atoms with E-state index < -0.39 is 29.8 Å². The first-order valence-electron chi connectivity index (χ1n) is 6.63. The molecule has 2 amide bonds. The number of carboxylic acids is 1. The first kappa shape index (κ1) is 17.5. The summed E-state index contributed by atoms with van der Waals surface area (Å²) in [6, 6.07) is 6.91. The van der Waals surface area contributed by atoms with Crippen molar-refractivity contribution < 1.29 is 29.3 Å². The average Bonchev–Trinajstić information content (AvgIpc) is 2.36. The van der Waals surface area contributed by atoms with Gasteiger partial charge in [-0.1, -0.05) is 30.3 Å². The molecule has 0 aliphatic heterocycles. The minimum Gasteiger partial charge on any atom is -0.480 e. The molecule has 7 nitrogen and oxygen atoms in total. The molecule has 0 saturated carbocycles. The fourth-order valence-electron chi connectivity index (χ4n) is 1.78. The van der Waals surface area contributed by atoms with Gasteiger partial charge in [0.25, 0.3) is 0 Å². The van der Waals surface area contributed by atoms with Gasteiger partial charge in [-0.15, -0.1) is 0 Å². The molecule has 2 N–H and O–H groups in total. The number of aliphatic carboxylic acids is 1. The number of hydrogen-bond donors (Lipinski definition) is 2. The van der Waals surface area contributed by atoms with E-state index in [9.17, 15) is 24.6 Å².